The average molecular weight is 318 g/mol. The van der Waals surface area contributed by atoms with Gasteiger partial charge in [-0.3, -0.25) is 0 Å². The first kappa shape index (κ1) is 17.7. The molecule has 1 aromatic rings. The van der Waals surface area contributed by atoms with Crippen molar-refractivity contribution in [1.82, 2.24) is 9.29 Å². The summed E-state index contributed by atoms with van der Waals surface area (Å²) >= 11 is 0. The van der Waals surface area contributed by atoms with E-state index in [1.54, 1.807) is 27.7 Å². The highest BCUT2D eigenvalue weighted by molar-refractivity contribution is 7.89. The molecule has 21 heavy (non-hydrogen) atoms. The van der Waals surface area contributed by atoms with Gasteiger partial charge in [-0.2, -0.15) is 0 Å². The molecule has 120 valence electrons. The van der Waals surface area contributed by atoms with Crippen molar-refractivity contribution >= 4 is 16.0 Å². The molecule has 0 aliphatic rings. The summed E-state index contributed by atoms with van der Waals surface area (Å²) in [6.07, 6.45) is 1.33. The number of carboxylic acids is 1. The first-order valence-corrected chi connectivity index (χ1v) is 7.98. The van der Waals surface area contributed by atoms with E-state index in [1.165, 1.54) is 17.9 Å². The van der Waals surface area contributed by atoms with Crippen molar-refractivity contribution < 1.29 is 23.1 Å². The van der Waals surface area contributed by atoms with Gasteiger partial charge in [0.25, 0.3) is 0 Å². The van der Waals surface area contributed by atoms with E-state index in [9.17, 15) is 13.2 Å². The second-order valence-electron chi connectivity index (χ2n) is 5.66. The van der Waals surface area contributed by atoms with Crippen LogP contribution in [-0.4, -0.2) is 43.3 Å². The van der Waals surface area contributed by atoms with Crippen LogP contribution in [-0.2, 0) is 14.8 Å². The summed E-state index contributed by atoms with van der Waals surface area (Å²) in [5.74, 6) is -1.16. The van der Waals surface area contributed by atoms with Crippen LogP contribution in [0.1, 0.15) is 44.2 Å². The Morgan fingerprint density at radius 1 is 1.48 bits per heavy atom. The predicted octanol–water partition coefficient (Wildman–Crippen LogP) is 1.47. The van der Waals surface area contributed by atoms with Crippen LogP contribution in [0.3, 0.4) is 0 Å². The smallest absolute Gasteiger partial charge is 0.352 e. The lowest BCUT2D eigenvalue weighted by Gasteiger charge is -2.22. The zero-order valence-corrected chi connectivity index (χ0v) is 13.7. The second-order valence-corrected chi connectivity index (χ2v) is 7.42. The lowest BCUT2D eigenvalue weighted by atomic mass is 10.1. The lowest BCUT2D eigenvalue weighted by molar-refractivity contribution is 0.0276. The van der Waals surface area contributed by atoms with Gasteiger partial charge in [0, 0.05) is 25.9 Å². The highest BCUT2D eigenvalue weighted by Crippen LogP contribution is 2.19. The molecule has 0 bridgehead atoms. The Morgan fingerprint density at radius 2 is 2.05 bits per heavy atom. The maximum atomic E-state index is 12.2. The summed E-state index contributed by atoms with van der Waals surface area (Å²) in [4.78, 5) is 11.1. The quantitative estimate of drug-likeness (QED) is 0.793. The molecule has 0 spiro atoms. The molecule has 0 radical (unpaired) electrons. The normalized spacial score (nSPS) is 12.9. The van der Waals surface area contributed by atoms with Gasteiger partial charge in [-0.25, -0.2) is 17.9 Å². The number of ether oxygens (including phenoxy) is 1. The van der Waals surface area contributed by atoms with E-state index in [4.69, 9.17) is 9.84 Å². The van der Waals surface area contributed by atoms with E-state index in [2.05, 4.69) is 4.72 Å². The van der Waals surface area contributed by atoms with Gasteiger partial charge >= 0.3 is 5.97 Å². The number of hydrogen-bond acceptors (Lipinski definition) is 4. The van der Waals surface area contributed by atoms with Gasteiger partial charge in [0.1, 0.15) is 10.6 Å². The standard InChI is InChI=1S/C13H22N2O5S/c1-9(2)15-7-10(6-11(15)12(16)17)21(18,19)14-8-13(3,4)20-5/h6-7,9,14H,8H2,1-5H3,(H,16,17). The van der Waals surface area contributed by atoms with Crippen LogP contribution in [0.4, 0.5) is 0 Å². The minimum atomic E-state index is -3.79. The first-order chi connectivity index (χ1) is 9.50. The molecule has 1 heterocycles. The summed E-state index contributed by atoms with van der Waals surface area (Å²) in [5.41, 5.74) is -0.708. The molecule has 0 aliphatic heterocycles. The molecule has 0 saturated heterocycles. The number of nitrogens with one attached hydrogen (secondary N) is 1. The van der Waals surface area contributed by atoms with Gasteiger partial charge < -0.3 is 14.4 Å². The largest absolute Gasteiger partial charge is 0.477 e. The Balaban J connectivity index is 3.10. The van der Waals surface area contributed by atoms with Crippen LogP contribution in [0.5, 0.6) is 0 Å². The van der Waals surface area contributed by atoms with E-state index in [0.717, 1.165) is 6.07 Å². The zero-order valence-electron chi connectivity index (χ0n) is 12.9. The van der Waals surface area contributed by atoms with Crippen molar-refractivity contribution in [3.8, 4) is 0 Å². The molecule has 0 unspecified atom stereocenters. The number of aromatic nitrogens is 1. The fourth-order valence-corrected chi connectivity index (χ4v) is 2.85. The minimum absolute atomic E-state index is 0.0589. The molecule has 0 saturated carbocycles. The zero-order chi connectivity index (χ0) is 16.4. The first-order valence-electron chi connectivity index (χ1n) is 6.50. The summed E-state index contributed by atoms with van der Waals surface area (Å²) in [7, 11) is -2.29. The van der Waals surface area contributed by atoms with Gasteiger partial charge in [-0.1, -0.05) is 0 Å². The van der Waals surface area contributed by atoms with E-state index in [1.807, 2.05) is 0 Å². The van der Waals surface area contributed by atoms with Crippen molar-refractivity contribution in [2.75, 3.05) is 13.7 Å². The number of methoxy groups -OCH3 is 1. The monoisotopic (exact) mass is 318 g/mol. The van der Waals surface area contributed by atoms with Crippen molar-refractivity contribution in [2.45, 2.75) is 44.2 Å². The number of carboxylic acid groups (broad SMARTS) is 1. The highest BCUT2D eigenvalue weighted by atomic mass is 32.2. The van der Waals surface area contributed by atoms with Crippen LogP contribution < -0.4 is 4.72 Å². The van der Waals surface area contributed by atoms with Crippen molar-refractivity contribution in [3.63, 3.8) is 0 Å². The van der Waals surface area contributed by atoms with Gasteiger partial charge in [-0.15, -0.1) is 0 Å². The molecule has 0 fully saturated rings. The number of nitrogens with zero attached hydrogens (tertiary/aromatic N) is 1. The number of sulfonamides is 1. The third kappa shape index (κ3) is 4.29. The molecule has 0 aliphatic carbocycles. The van der Waals surface area contributed by atoms with E-state index in [0.29, 0.717) is 0 Å². The minimum Gasteiger partial charge on any atom is -0.477 e. The van der Waals surface area contributed by atoms with E-state index >= 15 is 0 Å². The van der Waals surface area contributed by atoms with Crippen molar-refractivity contribution in [2.24, 2.45) is 0 Å². The van der Waals surface area contributed by atoms with Crippen LogP contribution in [0.25, 0.3) is 0 Å². The highest BCUT2D eigenvalue weighted by Gasteiger charge is 2.25. The molecule has 1 rings (SSSR count). The molecule has 0 amide bonds. The van der Waals surface area contributed by atoms with Gasteiger partial charge in [0.05, 0.1) is 5.60 Å². The maximum absolute atomic E-state index is 12.2. The molecule has 7 nitrogen and oxygen atoms in total. The van der Waals surface area contributed by atoms with Crippen LogP contribution >= 0.6 is 0 Å². The SMILES string of the molecule is COC(C)(C)CNS(=O)(=O)c1cc(C(=O)O)n(C(C)C)c1. The Hall–Kier alpha value is -1.38. The maximum Gasteiger partial charge on any atom is 0.352 e. The number of rotatable bonds is 7. The molecule has 0 atom stereocenters. The third-order valence-corrected chi connectivity index (χ3v) is 4.52. The Bertz CT molecular complexity index is 617. The summed E-state index contributed by atoms with van der Waals surface area (Å²) in [5, 5.41) is 9.13. The van der Waals surface area contributed by atoms with Crippen LogP contribution in [0, 0.1) is 0 Å². The van der Waals surface area contributed by atoms with Crippen molar-refractivity contribution in [3.05, 3.63) is 18.0 Å². The van der Waals surface area contributed by atoms with Crippen molar-refractivity contribution in [1.29, 1.82) is 0 Å². The summed E-state index contributed by atoms with van der Waals surface area (Å²) < 4.78 is 33.5. The molecule has 0 aromatic carbocycles. The number of hydrogen-bond donors (Lipinski definition) is 2. The van der Waals surface area contributed by atoms with E-state index in [-0.39, 0.29) is 23.2 Å². The molecule has 2 N–H and O–H groups in total. The topological polar surface area (TPSA) is 97.6 Å². The molecule has 1 aromatic heterocycles. The van der Waals surface area contributed by atoms with Gasteiger partial charge in [0.2, 0.25) is 10.0 Å². The fraction of sp³-hybridized carbons (Fsp3) is 0.615. The van der Waals surface area contributed by atoms with E-state index < -0.39 is 21.6 Å². The molecule has 8 heteroatoms. The number of carbonyl (C=O) groups is 1. The summed E-state index contributed by atoms with van der Waals surface area (Å²) in [6, 6.07) is 1.00. The average Bonchev–Trinajstić information content (AvgIpc) is 2.83. The molecular formula is C13H22N2O5S. The number of aromatic carboxylic acids is 1. The lowest BCUT2D eigenvalue weighted by Crippen LogP contribution is -2.39. The third-order valence-electron chi connectivity index (χ3n) is 3.15. The summed E-state index contributed by atoms with van der Waals surface area (Å²) in [6.45, 7) is 7.14. The second kappa shape index (κ2) is 6.17. The van der Waals surface area contributed by atoms with Crippen LogP contribution in [0.2, 0.25) is 0 Å². The van der Waals surface area contributed by atoms with Crippen LogP contribution in [0.15, 0.2) is 17.2 Å². The fourth-order valence-electron chi connectivity index (χ4n) is 1.62. The Kier molecular flexibility index (Phi) is 5.19. The van der Waals surface area contributed by atoms with Gasteiger partial charge in [-0.05, 0) is 33.8 Å². The Labute approximate surface area is 125 Å². The predicted molar refractivity (Wildman–Crippen MR) is 78.1 cm³/mol. The Morgan fingerprint density at radius 3 is 2.43 bits per heavy atom. The molecular weight excluding hydrogens is 296 g/mol. The van der Waals surface area contributed by atoms with Gasteiger partial charge in [0.15, 0.2) is 0 Å².